The zero-order valence-corrected chi connectivity index (χ0v) is 41.4. The number of nitrogens with zero attached hydrogens (tertiary/aromatic N) is 3. The van der Waals surface area contributed by atoms with Crippen molar-refractivity contribution in [1.29, 1.82) is 0 Å². The van der Waals surface area contributed by atoms with Gasteiger partial charge in [0.2, 0.25) is 0 Å². The lowest BCUT2D eigenvalue weighted by atomic mass is 9.86. The molecule has 3 nitrogen and oxygen atoms in total. The van der Waals surface area contributed by atoms with Gasteiger partial charge in [-0.1, -0.05) is 141 Å². The van der Waals surface area contributed by atoms with Gasteiger partial charge in [0.15, 0.2) is 0 Å². The van der Waals surface area contributed by atoms with Crippen molar-refractivity contribution in [2.75, 3.05) is 9.80 Å². The molecule has 68 heavy (non-hydrogen) atoms. The molecule has 0 saturated heterocycles. The second-order valence-electron chi connectivity index (χ2n) is 22.0. The molecule has 0 fully saturated rings. The number of rotatable bonds is 6. The molecule has 0 aliphatic carbocycles. The maximum atomic E-state index is 2.56. The van der Waals surface area contributed by atoms with E-state index in [4.69, 9.17) is 0 Å². The molecule has 3 heterocycles. The van der Waals surface area contributed by atoms with Gasteiger partial charge in [-0.25, -0.2) is 0 Å². The zero-order chi connectivity index (χ0) is 46.9. The van der Waals surface area contributed by atoms with Gasteiger partial charge in [-0.05, 0) is 147 Å². The lowest BCUT2D eigenvalue weighted by Gasteiger charge is -2.28. The van der Waals surface area contributed by atoms with Gasteiger partial charge in [-0.2, -0.15) is 0 Å². The number of thiophene rings is 1. The molecular formula is C64H57N3S. The Morgan fingerprint density at radius 3 is 1.47 bits per heavy atom. The van der Waals surface area contributed by atoms with Gasteiger partial charge >= 0.3 is 0 Å². The minimum Gasteiger partial charge on any atom is -0.310 e. The number of anilines is 6. The Hall–Kier alpha value is -7.14. The van der Waals surface area contributed by atoms with E-state index < -0.39 is 0 Å². The molecule has 9 aromatic carbocycles. The Kier molecular flexibility index (Phi) is 9.43. The summed E-state index contributed by atoms with van der Waals surface area (Å²) in [6.07, 6.45) is 0. The van der Waals surface area contributed by atoms with Crippen LogP contribution in [0.4, 0.5) is 34.1 Å². The Morgan fingerprint density at radius 2 is 0.853 bits per heavy atom. The van der Waals surface area contributed by atoms with Gasteiger partial charge in [0.25, 0.3) is 0 Å². The third kappa shape index (κ3) is 6.83. The molecule has 0 spiro atoms. The first-order chi connectivity index (χ1) is 32.6. The SMILES string of the molecule is CC(C)(C)c1ccc(N(c2ccccc2)c2ccc3c(c2)sc2cc4cc5c(cc4cc23)c2ccc(N(c3ccccc3)c3ccc(C(C)(C)C)cc3)c3c4cc(C(C)(C)C)ccc4n5c23)cc1. The summed E-state index contributed by atoms with van der Waals surface area (Å²) >= 11 is 1.89. The fourth-order valence-electron chi connectivity index (χ4n) is 10.6. The van der Waals surface area contributed by atoms with Crippen LogP contribution in [0.1, 0.15) is 79.0 Å². The summed E-state index contributed by atoms with van der Waals surface area (Å²) < 4.78 is 5.15. The van der Waals surface area contributed by atoms with Crippen LogP contribution in [-0.4, -0.2) is 4.40 Å². The minimum atomic E-state index is -0.00552. The first-order valence-corrected chi connectivity index (χ1v) is 24.9. The third-order valence-electron chi connectivity index (χ3n) is 14.3. The summed E-state index contributed by atoms with van der Waals surface area (Å²) in [5.41, 5.74) is 14.8. The van der Waals surface area contributed by atoms with E-state index in [9.17, 15) is 0 Å². The van der Waals surface area contributed by atoms with E-state index in [1.165, 1.54) is 91.4 Å². The molecule has 3 aromatic heterocycles. The molecule has 0 bridgehead atoms. The molecule has 0 radical (unpaired) electrons. The molecule has 0 N–H and O–H groups in total. The topological polar surface area (TPSA) is 10.9 Å². The standard InChI is InChI=1S/C64H57N3S/c1-62(2,3)42-20-25-47(26-21-42)65(45-16-12-10-13-17-45)49-29-30-50-53-35-40-34-52-51-31-33-56(66(46-18-14-11-15-19-46)48-27-22-43(23-28-48)63(4,5)6)60-54-38-44(64(7,8)9)24-32-55(54)67(61(51)60)57(52)36-41(40)37-58(53)68-59(50)39-49/h10-39H,1-9H3. The number of hydrogen-bond acceptors (Lipinski definition) is 3. The lowest BCUT2D eigenvalue weighted by molar-refractivity contribution is 0.590. The Balaban J connectivity index is 1.05. The van der Waals surface area contributed by atoms with E-state index in [2.05, 4.69) is 259 Å². The fourth-order valence-corrected chi connectivity index (χ4v) is 11.8. The molecule has 334 valence electrons. The average molecular weight is 900 g/mol. The molecule has 4 heteroatoms. The van der Waals surface area contributed by atoms with Gasteiger partial charge in [-0.15, -0.1) is 11.3 Å². The quantitative estimate of drug-likeness (QED) is 0.165. The van der Waals surface area contributed by atoms with Crippen LogP contribution in [0.5, 0.6) is 0 Å². The van der Waals surface area contributed by atoms with Crippen molar-refractivity contribution in [1.82, 2.24) is 4.40 Å². The van der Waals surface area contributed by atoms with E-state index in [0.717, 1.165) is 28.4 Å². The molecular weight excluding hydrogens is 843 g/mol. The molecule has 0 unspecified atom stereocenters. The second kappa shape index (κ2) is 15.2. The zero-order valence-electron chi connectivity index (χ0n) is 40.6. The highest BCUT2D eigenvalue weighted by atomic mass is 32.1. The van der Waals surface area contributed by atoms with Crippen molar-refractivity contribution in [2.24, 2.45) is 0 Å². The van der Waals surface area contributed by atoms with E-state index in [-0.39, 0.29) is 16.2 Å². The molecule has 12 rings (SSSR count). The van der Waals surface area contributed by atoms with E-state index >= 15 is 0 Å². The van der Waals surface area contributed by atoms with Crippen molar-refractivity contribution in [2.45, 2.75) is 78.6 Å². The van der Waals surface area contributed by atoms with Crippen LogP contribution >= 0.6 is 11.3 Å². The van der Waals surface area contributed by atoms with Crippen molar-refractivity contribution < 1.29 is 0 Å². The molecule has 0 amide bonds. The number of hydrogen-bond donors (Lipinski definition) is 0. The van der Waals surface area contributed by atoms with Crippen LogP contribution in [0.2, 0.25) is 0 Å². The van der Waals surface area contributed by atoms with Crippen molar-refractivity contribution in [3.05, 3.63) is 199 Å². The summed E-state index contributed by atoms with van der Waals surface area (Å²) in [6, 6.07) is 68.7. The van der Waals surface area contributed by atoms with Gasteiger partial charge in [-0.3, -0.25) is 0 Å². The maximum absolute atomic E-state index is 2.56. The monoisotopic (exact) mass is 899 g/mol. The fraction of sp³-hybridized carbons (Fsp3) is 0.188. The van der Waals surface area contributed by atoms with E-state index in [0.29, 0.717) is 0 Å². The summed E-state index contributed by atoms with van der Waals surface area (Å²) in [5.74, 6) is 0. The highest BCUT2D eigenvalue weighted by Crippen LogP contribution is 2.50. The molecule has 0 atom stereocenters. The first kappa shape index (κ1) is 42.2. The molecule has 12 aromatic rings. The van der Waals surface area contributed by atoms with Crippen LogP contribution in [0.25, 0.3) is 69.0 Å². The van der Waals surface area contributed by atoms with Crippen LogP contribution in [0.15, 0.2) is 182 Å². The van der Waals surface area contributed by atoms with E-state index in [1.807, 2.05) is 11.3 Å². The highest BCUT2D eigenvalue weighted by molar-refractivity contribution is 7.26. The third-order valence-corrected chi connectivity index (χ3v) is 15.4. The lowest BCUT2D eigenvalue weighted by Crippen LogP contribution is -2.13. The van der Waals surface area contributed by atoms with Crippen LogP contribution in [-0.2, 0) is 16.2 Å². The summed E-state index contributed by atoms with van der Waals surface area (Å²) in [4.78, 5) is 4.85. The predicted molar refractivity (Wildman–Crippen MR) is 297 cm³/mol. The Morgan fingerprint density at radius 1 is 0.353 bits per heavy atom. The van der Waals surface area contributed by atoms with Gasteiger partial charge in [0.05, 0.1) is 22.2 Å². The summed E-state index contributed by atoms with van der Waals surface area (Å²) in [5, 5.41) is 10.2. The average Bonchev–Trinajstić information content (AvgIpc) is 3.96. The normalized spacial score (nSPS) is 12.8. The van der Waals surface area contributed by atoms with Gasteiger partial charge < -0.3 is 14.2 Å². The van der Waals surface area contributed by atoms with Crippen molar-refractivity contribution in [3.8, 4) is 0 Å². The van der Waals surface area contributed by atoms with Crippen LogP contribution in [0.3, 0.4) is 0 Å². The smallest absolute Gasteiger partial charge is 0.0641 e. The minimum absolute atomic E-state index is 0.00552. The molecule has 0 aliphatic heterocycles. The van der Waals surface area contributed by atoms with Gasteiger partial charge in [0, 0.05) is 70.2 Å². The maximum Gasteiger partial charge on any atom is 0.0641 e. The highest BCUT2D eigenvalue weighted by Gasteiger charge is 2.27. The predicted octanol–water partition coefficient (Wildman–Crippen LogP) is 19.2. The largest absolute Gasteiger partial charge is 0.310 e. The first-order valence-electron chi connectivity index (χ1n) is 24.1. The molecule has 0 aliphatic rings. The van der Waals surface area contributed by atoms with Crippen molar-refractivity contribution >= 4 is 115 Å². The number of fused-ring (bicyclic) bond motifs is 10. The Labute approximate surface area is 403 Å². The van der Waals surface area contributed by atoms with Crippen LogP contribution in [0, 0.1) is 0 Å². The summed E-state index contributed by atoms with van der Waals surface area (Å²) in [6.45, 7) is 20.6. The summed E-state index contributed by atoms with van der Waals surface area (Å²) in [7, 11) is 0. The molecule has 0 saturated carbocycles. The van der Waals surface area contributed by atoms with Crippen molar-refractivity contribution in [3.63, 3.8) is 0 Å². The Bertz CT molecular complexity index is 3880. The van der Waals surface area contributed by atoms with Crippen LogP contribution < -0.4 is 9.80 Å². The number of benzene rings is 9. The number of aromatic nitrogens is 1. The van der Waals surface area contributed by atoms with E-state index in [1.54, 1.807) is 0 Å². The second-order valence-corrected chi connectivity index (χ2v) is 23.0. The number of para-hydroxylation sites is 2. The van der Waals surface area contributed by atoms with Gasteiger partial charge in [0.1, 0.15) is 0 Å².